The third-order valence-electron chi connectivity index (χ3n) is 3.46. The van der Waals surface area contributed by atoms with E-state index in [0.29, 0.717) is 19.1 Å². The molecule has 1 N–H and O–H groups in total. The van der Waals surface area contributed by atoms with Crippen molar-refractivity contribution in [2.24, 2.45) is 5.92 Å². The Kier molecular flexibility index (Phi) is 3.34. The highest BCUT2D eigenvalue weighted by atomic mass is 35.5. The normalized spacial score (nSPS) is 28.8. The Morgan fingerprint density at radius 3 is 2.76 bits per heavy atom. The maximum atomic E-state index is 5.99. The summed E-state index contributed by atoms with van der Waals surface area (Å²) in [6.07, 6.45) is 1.04. The first-order chi connectivity index (χ1) is 8.33. The van der Waals surface area contributed by atoms with E-state index in [9.17, 15) is 0 Å². The smallest absolute Gasteiger partial charge is 0.162 e. The van der Waals surface area contributed by atoms with Crippen LogP contribution in [0.3, 0.4) is 0 Å². The van der Waals surface area contributed by atoms with E-state index in [1.807, 2.05) is 18.2 Å². The highest BCUT2D eigenvalue weighted by Gasteiger charge is 2.28. The van der Waals surface area contributed by atoms with Crippen molar-refractivity contribution in [1.29, 1.82) is 0 Å². The number of rotatable bonds is 1. The molecule has 1 aromatic rings. The molecule has 2 aliphatic rings. The van der Waals surface area contributed by atoms with Crippen molar-refractivity contribution < 1.29 is 9.47 Å². The minimum atomic E-state index is -0.0869. The molecule has 0 saturated carbocycles. The molecule has 0 bridgehead atoms. The zero-order valence-corrected chi connectivity index (χ0v) is 10.4. The van der Waals surface area contributed by atoms with Crippen LogP contribution in [0.4, 0.5) is 0 Å². The van der Waals surface area contributed by atoms with Gasteiger partial charge in [-0.15, -0.1) is 0 Å². The summed E-state index contributed by atoms with van der Waals surface area (Å²) in [7, 11) is 0. The summed E-state index contributed by atoms with van der Waals surface area (Å²) in [5.74, 6) is 0.472. The molecule has 2 aliphatic heterocycles. The van der Waals surface area contributed by atoms with E-state index in [0.717, 1.165) is 30.1 Å². The van der Waals surface area contributed by atoms with Crippen LogP contribution in [0.1, 0.15) is 17.5 Å². The quantitative estimate of drug-likeness (QED) is 0.833. The molecule has 4 heteroatoms. The van der Waals surface area contributed by atoms with Gasteiger partial charge in [0.05, 0.1) is 13.2 Å². The summed E-state index contributed by atoms with van der Waals surface area (Å²) >= 11 is 5.99. The Bertz CT molecular complexity index is 404. The number of hydrogen-bond donors (Lipinski definition) is 1. The van der Waals surface area contributed by atoms with Crippen molar-refractivity contribution in [1.82, 2.24) is 5.32 Å². The van der Waals surface area contributed by atoms with Crippen molar-refractivity contribution in [3.63, 3.8) is 0 Å². The van der Waals surface area contributed by atoms with Gasteiger partial charge in [-0.25, -0.2) is 0 Å². The van der Waals surface area contributed by atoms with Gasteiger partial charge >= 0.3 is 0 Å². The highest BCUT2D eigenvalue weighted by molar-refractivity contribution is 6.30. The van der Waals surface area contributed by atoms with E-state index in [2.05, 4.69) is 5.32 Å². The second kappa shape index (κ2) is 4.94. The van der Waals surface area contributed by atoms with Gasteiger partial charge in [0, 0.05) is 17.5 Å². The maximum absolute atomic E-state index is 5.99. The average Bonchev–Trinajstić information content (AvgIpc) is 2.77. The summed E-state index contributed by atoms with van der Waals surface area (Å²) < 4.78 is 11.7. The summed E-state index contributed by atoms with van der Waals surface area (Å²) in [4.78, 5) is 0. The Labute approximate surface area is 106 Å². The molecule has 1 fully saturated rings. The fourth-order valence-corrected chi connectivity index (χ4v) is 2.64. The summed E-state index contributed by atoms with van der Waals surface area (Å²) in [6, 6.07) is 5.90. The van der Waals surface area contributed by atoms with Crippen molar-refractivity contribution in [2.75, 3.05) is 13.1 Å². The first-order valence-electron chi connectivity index (χ1n) is 6.04. The molecule has 3 nitrogen and oxygen atoms in total. The zero-order valence-electron chi connectivity index (χ0n) is 9.62. The van der Waals surface area contributed by atoms with E-state index in [1.54, 1.807) is 0 Å². The molecule has 0 aliphatic carbocycles. The van der Waals surface area contributed by atoms with Gasteiger partial charge in [-0.05, 0) is 36.2 Å². The molecule has 2 atom stereocenters. The van der Waals surface area contributed by atoms with Crippen LogP contribution in [-0.4, -0.2) is 19.4 Å². The lowest BCUT2D eigenvalue weighted by molar-refractivity contribution is -0.174. The van der Waals surface area contributed by atoms with Gasteiger partial charge in [0.15, 0.2) is 6.29 Å². The highest BCUT2D eigenvalue weighted by Crippen LogP contribution is 2.26. The van der Waals surface area contributed by atoms with Crippen LogP contribution >= 0.6 is 11.6 Å². The minimum Gasteiger partial charge on any atom is -0.348 e. The van der Waals surface area contributed by atoms with Crippen LogP contribution in [0.5, 0.6) is 0 Å². The lowest BCUT2D eigenvalue weighted by atomic mass is 10.1. The second-order valence-electron chi connectivity index (χ2n) is 4.66. The van der Waals surface area contributed by atoms with E-state index >= 15 is 0 Å². The van der Waals surface area contributed by atoms with E-state index < -0.39 is 0 Å². The number of nitrogens with one attached hydrogen (secondary N) is 1. The van der Waals surface area contributed by atoms with Gasteiger partial charge in [-0.1, -0.05) is 17.7 Å². The number of benzene rings is 1. The van der Waals surface area contributed by atoms with Gasteiger partial charge in [0.1, 0.15) is 0 Å². The van der Waals surface area contributed by atoms with E-state index in [-0.39, 0.29) is 6.29 Å². The zero-order chi connectivity index (χ0) is 11.7. The molecule has 17 heavy (non-hydrogen) atoms. The molecule has 0 aromatic heterocycles. The fourth-order valence-electron chi connectivity index (χ4n) is 2.44. The molecule has 0 amide bonds. The van der Waals surface area contributed by atoms with Gasteiger partial charge in [-0.3, -0.25) is 0 Å². The summed E-state index contributed by atoms with van der Waals surface area (Å²) in [6.45, 7) is 3.26. The molecule has 1 saturated heterocycles. The third-order valence-corrected chi connectivity index (χ3v) is 3.69. The van der Waals surface area contributed by atoms with Gasteiger partial charge in [0.25, 0.3) is 0 Å². The van der Waals surface area contributed by atoms with Crippen LogP contribution in [0, 0.1) is 5.92 Å². The summed E-state index contributed by atoms with van der Waals surface area (Å²) in [5.41, 5.74) is 2.33. The Balaban J connectivity index is 1.74. The molecule has 1 aromatic carbocycles. The topological polar surface area (TPSA) is 30.5 Å². The van der Waals surface area contributed by atoms with Crippen molar-refractivity contribution in [3.8, 4) is 0 Å². The van der Waals surface area contributed by atoms with Crippen LogP contribution in [0.2, 0.25) is 5.02 Å². The number of fused-ring (bicyclic) bond motifs is 1. The number of hydrogen-bond acceptors (Lipinski definition) is 3. The monoisotopic (exact) mass is 253 g/mol. The van der Waals surface area contributed by atoms with Crippen LogP contribution in [0.25, 0.3) is 0 Å². The van der Waals surface area contributed by atoms with E-state index in [1.165, 1.54) is 5.56 Å². The lowest BCUT2D eigenvalue weighted by Gasteiger charge is -2.20. The Morgan fingerprint density at radius 2 is 2.00 bits per heavy atom. The molecule has 92 valence electrons. The molecule has 2 unspecified atom stereocenters. The molecular weight excluding hydrogens is 238 g/mol. The molecule has 3 rings (SSSR count). The number of ether oxygens (including phenoxy) is 2. The van der Waals surface area contributed by atoms with Crippen LogP contribution in [-0.2, 0) is 22.7 Å². The minimum absolute atomic E-state index is 0.0869. The fraction of sp³-hybridized carbons (Fsp3) is 0.538. The van der Waals surface area contributed by atoms with Crippen LogP contribution < -0.4 is 5.32 Å². The van der Waals surface area contributed by atoms with E-state index in [4.69, 9.17) is 21.1 Å². The predicted molar refractivity (Wildman–Crippen MR) is 65.8 cm³/mol. The third kappa shape index (κ3) is 2.47. The SMILES string of the molecule is Clc1ccc2c(c1)COC(C1CCNC1)OC2. The lowest BCUT2D eigenvalue weighted by Crippen LogP contribution is -2.27. The van der Waals surface area contributed by atoms with Gasteiger partial charge < -0.3 is 14.8 Å². The van der Waals surface area contributed by atoms with Gasteiger partial charge in [0.2, 0.25) is 0 Å². The largest absolute Gasteiger partial charge is 0.348 e. The standard InChI is InChI=1S/C13H16ClNO2/c14-12-2-1-10-7-16-13(9-3-4-15-6-9)17-8-11(10)5-12/h1-2,5,9,13,15H,3-4,6-8H2. The first-order valence-corrected chi connectivity index (χ1v) is 6.42. The molecule has 0 spiro atoms. The van der Waals surface area contributed by atoms with Crippen molar-refractivity contribution in [3.05, 3.63) is 34.3 Å². The Hall–Kier alpha value is -0.610. The molecule has 0 radical (unpaired) electrons. The van der Waals surface area contributed by atoms with Crippen molar-refractivity contribution in [2.45, 2.75) is 25.9 Å². The predicted octanol–water partition coefficient (Wildman–Crippen LogP) is 2.32. The summed E-state index contributed by atoms with van der Waals surface area (Å²) in [5, 5.41) is 4.10. The van der Waals surface area contributed by atoms with Gasteiger partial charge in [-0.2, -0.15) is 0 Å². The average molecular weight is 254 g/mol. The first kappa shape index (κ1) is 11.5. The van der Waals surface area contributed by atoms with Crippen molar-refractivity contribution >= 4 is 11.6 Å². The maximum Gasteiger partial charge on any atom is 0.162 e. The second-order valence-corrected chi connectivity index (χ2v) is 5.09. The van der Waals surface area contributed by atoms with Crippen LogP contribution in [0.15, 0.2) is 18.2 Å². The number of halogens is 1. The molecule has 2 heterocycles. The molecular formula is C13H16ClNO2. The Morgan fingerprint density at radius 1 is 1.18 bits per heavy atom.